The lowest BCUT2D eigenvalue weighted by atomic mass is 10.1. The minimum atomic E-state index is -0.774. The summed E-state index contributed by atoms with van der Waals surface area (Å²) in [6, 6.07) is 8.25. The van der Waals surface area contributed by atoms with Gasteiger partial charge in [0.2, 0.25) is 11.8 Å². The lowest BCUT2D eigenvalue weighted by molar-refractivity contribution is -0.124. The summed E-state index contributed by atoms with van der Waals surface area (Å²) in [5.41, 5.74) is 1.52. The molecule has 2 unspecified atom stereocenters. The van der Waals surface area contributed by atoms with Crippen molar-refractivity contribution in [3.05, 3.63) is 71.8 Å². The summed E-state index contributed by atoms with van der Waals surface area (Å²) < 4.78 is 10.4. The van der Waals surface area contributed by atoms with Crippen molar-refractivity contribution in [1.29, 1.82) is 0 Å². The third-order valence-electron chi connectivity index (χ3n) is 7.11. The molecule has 0 saturated carbocycles. The van der Waals surface area contributed by atoms with Crippen LogP contribution in [-0.2, 0) is 22.7 Å². The van der Waals surface area contributed by atoms with Crippen molar-refractivity contribution in [3.63, 3.8) is 0 Å². The highest BCUT2D eigenvalue weighted by atomic mass is 16.5. The predicted molar refractivity (Wildman–Crippen MR) is 181 cm³/mol. The number of methoxy groups -OCH3 is 2. The maximum atomic E-state index is 13.3. The van der Waals surface area contributed by atoms with Crippen molar-refractivity contribution in [1.82, 2.24) is 10.6 Å². The number of hydrogen-bond donors (Lipinski definition) is 4. The molecular weight excluding hydrogens is 584 g/mol. The number of nitrogens with zero attached hydrogens (tertiary/aromatic N) is 2. The molecule has 2 rings (SSSR count). The molecule has 2 aromatic rings. The summed E-state index contributed by atoms with van der Waals surface area (Å²) in [5.74, 6) is 0.986. The van der Waals surface area contributed by atoms with E-state index in [-0.39, 0.29) is 36.4 Å². The summed E-state index contributed by atoms with van der Waals surface area (Å²) in [7, 11) is 2.94. The van der Waals surface area contributed by atoms with Gasteiger partial charge in [-0.1, -0.05) is 64.1 Å². The van der Waals surface area contributed by atoms with Gasteiger partial charge in [-0.2, -0.15) is 10.2 Å². The Morgan fingerprint density at radius 2 is 1.11 bits per heavy atom. The van der Waals surface area contributed by atoms with Crippen LogP contribution in [0.4, 0.5) is 0 Å². The number of allylic oxidation sites excluding steroid dienone is 4. The van der Waals surface area contributed by atoms with E-state index in [1.807, 2.05) is 0 Å². The van der Waals surface area contributed by atoms with Gasteiger partial charge in [0.1, 0.15) is 12.1 Å². The van der Waals surface area contributed by atoms with Crippen molar-refractivity contribution in [3.8, 4) is 23.0 Å². The van der Waals surface area contributed by atoms with E-state index >= 15 is 0 Å². The molecule has 252 valence electrons. The number of azo groups is 1. The number of carbonyl (C=O) groups is 2. The summed E-state index contributed by atoms with van der Waals surface area (Å²) in [4.78, 5) is 26.7. The van der Waals surface area contributed by atoms with Crippen LogP contribution in [0.5, 0.6) is 23.0 Å². The van der Waals surface area contributed by atoms with Gasteiger partial charge in [-0.15, -0.1) is 0 Å². The largest absolute Gasteiger partial charge is 0.504 e. The second-order valence-electron chi connectivity index (χ2n) is 11.9. The summed E-state index contributed by atoms with van der Waals surface area (Å²) >= 11 is 0. The average Bonchev–Trinajstić information content (AvgIpc) is 3.03. The first-order chi connectivity index (χ1) is 22.0. The third-order valence-corrected chi connectivity index (χ3v) is 7.11. The van der Waals surface area contributed by atoms with Crippen LogP contribution in [-0.4, -0.2) is 48.3 Å². The fourth-order valence-corrected chi connectivity index (χ4v) is 4.52. The molecule has 2 aromatic carbocycles. The Labute approximate surface area is 274 Å². The number of carbonyl (C=O) groups excluding carboxylic acids is 2. The highest BCUT2D eigenvalue weighted by molar-refractivity contribution is 5.83. The van der Waals surface area contributed by atoms with Crippen molar-refractivity contribution in [2.75, 3.05) is 14.2 Å². The fourth-order valence-electron chi connectivity index (χ4n) is 4.52. The molecule has 2 amide bonds. The van der Waals surface area contributed by atoms with E-state index in [1.54, 1.807) is 24.3 Å². The van der Waals surface area contributed by atoms with Gasteiger partial charge in [0.15, 0.2) is 23.0 Å². The Kier molecular flexibility index (Phi) is 17.0. The van der Waals surface area contributed by atoms with Crippen LogP contribution in [0, 0.1) is 11.8 Å². The number of amides is 2. The van der Waals surface area contributed by atoms with Gasteiger partial charge in [0, 0.05) is 13.1 Å². The van der Waals surface area contributed by atoms with Crippen molar-refractivity contribution in [2.24, 2.45) is 22.1 Å². The van der Waals surface area contributed by atoms with Crippen LogP contribution in [0.2, 0.25) is 0 Å². The van der Waals surface area contributed by atoms with Crippen molar-refractivity contribution >= 4 is 11.8 Å². The van der Waals surface area contributed by atoms with E-state index in [2.05, 4.69) is 72.9 Å². The predicted octanol–water partition coefficient (Wildman–Crippen LogP) is 7.00. The van der Waals surface area contributed by atoms with Crippen LogP contribution >= 0.6 is 0 Å². The monoisotopic (exact) mass is 636 g/mol. The maximum absolute atomic E-state index is 13.3. The first kappa shape index (κ1) is 37.8. The van der Waals surface area contributed by atoms with Gasteiger partial charge in [-0.3, -0.25) is 9.59 Å². The van der Waals surface area contributed by atoms with Gasteiger partial charge < -0.3 is 30.3 Å². The molecule has 10 nitrogen and oxygen atoms in total. The molecule has 2 atom stereocenters. The quantitative estimate of drug-likeness (QED) is 0.0700. The molecule has 0 saturated heterocycles. The first-order valence-corrected chi connectivity index (χ1v) is 16.0. The Hall–Kier alpha value is -4.34. The first-order valence-electron chi connectivity index (χ1n) is 16.0. The highest BCUT2D eigenvalue weighted by Crippen LogP contribution is 2.27. The van der Waals surface area contributed by atoms with E-state index < -0.39 is 12.1 Å². The molecule has 46 heavy (non-hydrogen) atoms. The van der Waals surface area contributed by atoms with Crippen LogP contribution < -0.4 is 20.1 Å². The number of benzene rings is 2. The number of ether oxygens (including phenoxy) is 2. The molecule has 10 heteroatoms. The van der Waals surface area contributed by atoms with Gasteiger partial charge in [-0.05, 0) is 85.8 Å². The number of unbranched alkanes of at least 4 members (excludes halogenated alkanes) is 2. The lowest BCUT2D eigenvalue weighted by Crippen LogP contribution is -2.35. The zero-order valence-corrected chi connectivity index (χ0v) is 28.2. The topological polar surface area (TPSA) is 142 Å². The second kappa shape index (κ2) is 20.6. The molecule has 0 bridgehead atoms. The van der Waals surface area contributed by atoms with E-state index in [9.17, 15) is 19.8 Å². The standard InChI is InChI=1S/C36H52N4O6/c1-25(2)13-9-7-11-15-29(35(43)37-23-27-17-19-31(41)33(21-27)45-5)39-40-30(16-12-8-10-14-26(3)4)36(44)38-24-28-18-20-32(42)34(22-28)46-6/h9-10,13-14,17-22,25-26,29-30,41-42H,7-8,11-12,15-16,23-24H2,1-6H3,(H,37,43)(H,38,44)/b13-9-,14-10+,40-39?. The molecule has 0 aliphatic heterocycles. The minimum absolute atomic E-state index is 0.0206. The summed E-state index contributed by atoms with van der Waals surface area (Å²) in [6.45, 7) is 8.89. The van der Waals surface area contributed by atoms with Gasteiger partial charge in [0.05, 0.1) is 14.2 Å². The Bertz CT molecular complexity index is 1220. The van der Waals surface area contributed by atoms with Crippen molar-refractivity contribution < 1.29 is 29.3 Å². The molecular formula is C36H52N4O6. The SMILES string of the molecule is COc1cc(CNC(=O)C(CCC/C=C\C(C)C)N=NC(CCC/C=C/C(C)C)C(=O)NCc2ccc(O)c(OC)c2)ccc1O. The van der Waals surface area contributed by atoms with E-state index in [0.29, 0.717) is 36.2 Å². The molecule has 0 heterocycles. The Morgan fingerprint density at radius 3 is 1.46 bits per heavy atom. The number of nitrogens with one attached hydrogen (secondary N) is 2. The number of hydrogen-bond acceptors (Lipinski definition) is 8. The Morgan fingerprint density at radius 1 is 0.717 bits per heavy atom. The van der Waals surface area contributed by atoms with E-state index in [0.717, 1.165) is 36.8 Å². The van der Waals surface area contributed by atoms with Crippen molar-refractivity contribution in [2.45, 2.75) is 91.4 Å². The third kappa shape index (κ3) is 14.2. The van der Waals surface area contributed by atoms with E-state index in [4.69, 9.17) is 9.47 Å². The lowest BCUT2D eigenvalue weighted by Gasteiger charge is -2.16. The molecule has 0 aliphatic rings. The molecule has 0 fully saturated rings. The number of phenolic OH excluding ortho intramolecular Hbond substituents is 2. The highest BCUT2D eigenvalue weighted by Gasteiger charge is 2.22. The average molecular weight is 637 g/mol. The zero-order valence-electron chi connectivity index (χ0n) is 28.2. The van der Waals surface area contributed by atoms with Crippen LogP contribution in [0.15, 0.2) is 70.9 Å². The van der Waals surface area contributed by atoms with E-state index in [1.165, 1.54) is 26.4 Å². The van der Waals surface area contributed by atoms with Crippen LogP contribution in [0.25, 0.3) is 0 Å². The van der Waals surface area contributed by atoms with Crippen LogP contribution in [0.3, 0.4) is 0 Å². The molecule has 4 N–H and O–H groups in total. The zero-order chi connectivity index (χ0) is 33.9. The summed E-state index contributed by atoms with van der Waals surface area (Å²) in [5, 5.41) is 34.5. The number of aromatic hydroxyl groups is 2. The normalized spacial score (nSPS) is 13.1. The molecule has 0 radical (unpaired) electrons. The fraction of sp³-hybridized carbons (Fsp3) is 0.500. The minimum Gasteiger partial charge on any atom is -0.504 e. The van der Waals surface area contributed by atoms with Crippen LogP contribution in [0.1, 0.15) is 77.3 Å². The number of rotatable bonds is 20. The number of phenols is 2. The molecule has 0 spiro atoms. The Balaban J connectivity index is 2.20. The second-order valence-corrected chi connectivity index (χ2v) is 11.9. The molecule has 0 aliphatic carbocycles. The maximum Gasteiger partial charge on any atom is 0.246 e. The summed E-state index contributed by atoms with van der Waals surface area (Å²) in [6.07, 6.45) is 12.5. The smallest absolute Gasteiger partial charge is 0.246 e. The molecule has 0 aromatic heterocycles. The van der Waals surface area contributed by atoms with Gasteiger partial charge in [0.25, 0.3) is 0 Å². The van der Waals surface area contributed by atoms with Gasteiger partial charge >= 0.3 is 0 Å². The van der Waals surface area contributed by atoms with Gasteiger partial charge in [-0.25, -0.2) is 0 Å².